The van der Waals surface area contributed by atoms with Gasteiger partial charge in [0.25, 0.3) is 5.91 Å². The molecule has 2 aromatic carbocycles. The maximum Gasteiger partial charge on any atom is 0.338 e. The molecule has 25 heavy (non-hydrogen) atoms. The van der Waals surface area contributed by atoms with Crippen LogP contribution >= 0.6 is 0 Å². The largest absolute Gasteiger partial charge is 0.497 e. The van der Waals surface area contributed by atoms with Crippen molar-refractivity contribution in [2.45, 2.75) is 19.6 Å². The lowest BCUT2D eigenvalue weighted by Crippen LogP contribution is -2.35. The number of benzene rings is 2. The highest BCUT2D eigenvalue weighted by Crippen LogP contribution is 2.11. The first-order valence-electron chi connectivity index (χ1n) is 7.65. The van der Waals surface area contributed by atoms with Crippen LogP contribution in [0, 0.1) is 11.3 Å². The summed E-state index contributed by atoms with van der Waals surface area (Å²) < 4.78 is 10.2. The van der Waals surface area contributed by atoms with Crippen molar-refractivity contribution in [1.82, 2.24) is 5.32 Å². The van der Waals surface area contributed by atoms with Gasteiger partial charge >= 0.3 is 5.97 Å². The lowest BCUT2D eigenvalue weighted by Gasteiger charge is -2.13. The first-order valence-corrected chi connectivity index (χ1v) is 7.65. The molecule has 0 fully saturated rings. The monoisotopic (exact) mass is 338 g/mol. The zero-order chi connectivity index (χ0) is 18.2. The molecule has 2 rings (SSSR count). The predicted molar refractivity (Wildman–Crippen MR) is 90.9 cm³/mol. The summed E-state index contributed by atoms with van der Waals surface area (Å²) in [6, 6.07) is 15.3. The van der Waals surface area contributed by atoms with Crippen molar-refractivity contribution in [2.24, 2.45) is 0 Å². The van der Waals surface area contributed by atoms with Crippen molar-refractivity contribution in [1.29, 1.82) is 5.26 Å². The van der Waals surface area contributed by atoms with Crippen molar-refractivity contribution in [3.8, 4) is 11.8 Å². The highest BCUT2D eigenvalue weighted by atomic mass is 16.5. The van der Waals surface area contributed by atoms with Gasteiger partial charge in [-0.3, -0.25) is 4.79 Å². The molecule has 6 nitrogen and oxygen atoms in total. The summed E-state index contributed by atoms with van der Waals surface area (Å²) in [4.78, 5) is 24.1. The number of nitrogens with zero attached hydrogens (tertiary/aromatic N) is 1. The molecule has 1 atom stereocenters. The van der Waals surface area contributed by atoms with Crippen molar-refractivity contribution in [2.75, 3.05) is 7.11 Å². The van der Waals surface area contributed by atoms with Crippen LogP contribution in [0.3, 0.4) is 0 Å². The molecule has 0 saturated carbocycles. The van der Waals surface area contributed by atoms with Gasteiger partial charge in [0.15, 0.2) is 6.10 Å². The Morgan fingerprint density at radius 2 is 1.76 bits per heavy atom. The highest BCUT2D eigenvalue weighted by Gasteiger charge is 2.18. The number of ether oxygens (including phenoxy) is 2. The minimum Gasteiger partial charge on any atom is -0.497 e. The lowest BCUT2D eigenvalue weighted by molar-refractivity contribution is -0.129. The SMILES string of the molecule is COc1ccc(CNC(=O)[C@@H](C)OC(=O)c2ccc(C#N)cc2)cc1. The average Bonchev–Trinajstić information content (AvgIpc) is 2.66. The van der Waals surface area contributed by atoms with Crippen molar-refractivity contribution >= 4 is 11.9 Å². The number of nitriles is 1. The van der Waals surface area contributed by atoms with Crippen LogP contribution in [0.4, 0.5) is 0 Å². The predicted octanol–water partition coefficient (Wildman–Crippen LogP) is 2.43. The molecule has 0 aromatic heterocycles. The van der Waals surface area contributed by atoms with Crippen LogP contribution in [0.2, 0.25) is 0 Å². The maximum atomic E-state index is 12.1. The third-order valence-electron chi connectivity index (χ3n) is 3.53. The Bertz CT molecular complexity index is 777. The Morgan fingerprint density at radius 1 is 1.12 bits per heavy atom. The fourth-order valence-electron chi connectivity index (χ4n) is 2.04. The van der Waals surface area contributed by atoms with Crippen LogP contribution < -0.4 is 10.1 Å². The minimum absolute atomic E-state index is 0.286. The number of methoxy groups -OCH3 is 1. The number of hydrogen-bond donors (Lipinski definition) is 1. The first kappa shape index (κ1) is 18.0. The molecule has 1 amide bonds. The second kappa shape index (κ2) is 8.50. The molecule has 0 heterocycles. The maximum absolute atomic E-state index is 12.1. The van der Waals surface area contributed by atoms with Gasteiger partial charge in [0.1, 0.15) is 5.75 Å². The van der Waals surface area contributed by atoms with Gasteiger partial charge in [-0.25, -0.2) is 4.79 Å². The second-order valence-electron chi connectivity index (χ2n) is 5.30. The number of esters is 1. The van der Waals surface area contributed by atoms with E-state index in [0.29, 0.717) is 12.1 Å². The summed E-state index contributed by atoms with van der Waals surface area (Å²) in [5.41, 5.74) is 1.63. The summed E-state index contributed by atoms with van der Waals surface area (Å²) in [5, 5.41) is 11.5. The smallest absolute Gasteiger partial charge is 0.338 e. The van der Waals surface area contributed by atoms with E-state index in [1.165, 1.54) is 31.2 Å². The zero-order valence-electron chi connectivity index (χ0n) is 14.0. The third-order valence-corrected chi connectivity index (χ3v) is 3.53. The van der Waals surface area contributed by atoms with Crippen molar-refractivity contribution < 1.29 is 19.1 Å². The Balaban J connectivity index is 1.86. The Morgan fingerprint density at radius 3 is 2.32 bits per heavy atom. The van der Waals surface area contributed by atoms with Gasteiger partial charge in [-0.15, -0.1) is 0 Å². The number of rotatable bonds is 6. The van der Waals surface area contributed by atoms with Gasteiger partial charge in [0.05, 0.1) is 24.3 Å². The first-order chi connectivity index (χ1) is 12.0. The Hall–Kier alpha value is -3.33. The molecule has 0 radical (unpaired) electrons. The molecule has 0 aliphatic rings. The molecule has 1 N–H and O–H groups in total. The van der Waals surface area contributed by atoms with E-state index in [1.807, 2.05) is 18.2 Å². The molecule has 0 aliphatic heterocycles. The third kappa shape index (κ3) is 5.08. The molecular formula is C19H18N2O4. The molecule has 2 aromatic rings. The van der Waals surface area contributed by atoms with Gasteiger partial charge in [0, 0.05) is 6.54 Å². The molecule has 0 bridgehead atoms. The van der Waals surface area contributed by atoms with Gasteiger partial charge in [-0.2, -0.15) is 5.26 Å². The normalized spacial score (nSPS) is 11.1. The second-order valence-corrected chi connectivity index (χ2v) is 5.30. The van der Waals surface area contributed by atoms with Gasteiger partial charge in [-0.05, 0) is 48.9 Å². The van der Waals surface area contributed by atoms with Gasteiger partial charge < -0.3 is 14.8 Å². The van der Waals surface area contributed by atoms with Crippen LogP contribution in [0.5, 0.6) is 5.75 Å². The zero-order valence-corrected chi connectivity index (χ0v) is 14.0. The van der Waals surface area contributed by atoms with E-state index < -0.39 is 18.0 Å². The molecule has 0 aliphatic carbocycles. The van der Waals surface area contributed by atoms with Crippen LogP contribution in [0.1, 0.15) is 28.4 Å². The standard InChI is InChI=1S/C19H18N2O4/c1-13(25-19(23)16-7-3-14(11-20)4-8-16)18(22)21-12-15-5-9-17(24-2)10-6-15/h3-10,13H,12H2,1-2H3,(H,21,22)/t13-/m1/s1. The summed E-state index contributed by atoms with van der Waals surface area (Å²) in [5.74, 6) is -0.269. The summed E-state index contributed by atoms with van der Waals surface area (Å²) in [7, 11) is 1.58. The molecule has 0 spiro atoms. The van der Waals surface area contributed by atoms with Crippen molar-refractivity contribution in [3.05, 3.63) is 65.2 Å². The van der Waals surface area contributed by atoms with Crippen LogP contribution in [0.25, 0.3) is 0 Å². The van der Waals surface area contributed by atoms with Gasteiger partial charge in [0.2, 0.25) is 0 Å². The number of hydrogen-bond acceptors (Lipinski definition) is 5. The van der Waals surface area contributed by atoms with E-state index in [-0.39, 0.29) is 5.56 Å². The van der Waals surface area contributed by atoms with Crippen LogP contribution in [-0.2, 0) is 16.1 Å². The Kier molecular flexibility index (Phi) is 6.13. The van der Waals surface area contributed by atoms with E-state index in [9.17, 15) is 9.59 Å². The van der Waals surface area contributed by atoms with Crippen LogP contribution in [-0.4, -0.2) is 25.1 Å². The topological polar surface area (TPSA) is 88.4 Å². The molecule has 0 unspecified atom stereocenters. The van der Waals surface area contributed by atoms with Gasteiger partial charge in [-0.1, -0.05) is 12.1 Å². The fourth-order valence-corrected chi connectivity index (χ4v) is 2.04. The lowest BCUT2D eigenvalue weighted by atomic mass is 10.1. The van der Waals surface area contributed by atoms with E-state index >= 15 is 0 Å². The summed E-state index contributed by atoms with van der Waals surface area (Å²) in [6.07, 6.45) is -0.929. The van der Waals surface area contributed by atoms with E-state index in [1.54, 1.807) is 19.2 Å². The summed E-state index contributed by atoms with van der Waals surface area (Å²) in [6.45, 7) is 1.83. The molecular weight excluding hydrogens is 320 g/mol. The number of carbonyl (C=O) groups is 2. The van der Waals surface area contributed by atoms with Crippen LogP contribution in [0.15, 0.2) is 48.5 Å². The van der Waals surface area contributed by atoms with E-state index in [4.69, 9.17) is 14.7 Å². The van der Waals surface area contributed by atoms with E-state index in [0.717, 1.165) is 11.3 Å². The average molecular weight is 338 g/mol. The molecule has 6 heteroatoms. The quantitative estimate of drug-likeness (QED) is 0.817. The molecule has 0 saturated heterocycles. The highest BCUT2D eigenvalue weighted by molar-refractivity contribution is 5.92. The fraction of sp³-hybridized carbons (Fsp3) is 0.211. The minimum atomic E-state index is -0.929. The number of amides is 1. The van der Waals surface area contributed by atoms with Crippen molar-refractivity contribution in [3.63, 3.8) is 0 Å². The number of nitrogens with one attached hydrogen (secondary N) is 1. The Labute approximate surface area is 146 Å². The molecule has 128 valence electrons. The summed E-state index contributed by atoms with van der Waals surface area (Å²) >= 11 is 0. The van der Waals surface area contributed by atoms with E-state index in [2.05, 4.69) is 5.32 Å². The number of carbonyl (C=O) groups excluding carboxylic acids is 2.